The van der Waals surface area contributed by atoms with E-state index < -0.39 is 15.6 Å². The van der Waals surface area contributed by atoms with Crippen molar-refractivity contribution >= 4 is 44.7 Å². The van der Waals surface area contributed by atoms with Gasteiger partial charge in [-0.15, -0.1) is 0 Å². The molecule has 1 aromatic heterocycles. The molecular formula is C10H6Cl2F3NO4S2. The fourth-order valence-corrected chi connectivity index (χ4v) is 1.89. The number of hydrogen-bond donors (Lipinski definition) is 1. The first-order valence-electron chi connectivity index (χ1n) is 5.06. The van der Waals surface area contributed by atoms with E-state index in [9.17, 15) is 13.2 Å². The average molecular weight is 396 g/mol. The van der Waals surface area contributed by atoms with Crippen LogP contribution in [0.3, 0.4) is 0 Å². The van der Waals surface area contributed by atoms with E-state index >= 15 is 0 Å². The summed E-state index contributed by atoms with van der Waals surface area (Å²) in [4.78, 5) is 0.422. The van der Waals surface area contributed by atoms with Gasteiger partial charge in [-0.05, 0) is 29.5 Å². The van der Waals surface area contributed by atoms with Crippen LogP contribution in [0.4, 0.5) is 13.2 Å². The van der Waals surface area contributed by atoms with Gasteiger partial charge in [0, 0.05) is 10.9 Å². The summed E-state index contributed by atoms with van der Waals surface area (Å²) < 4.78 is 64.2. The molecule has 0 atom stereocenters. The first kappa shape index (κ1) is 19.0. The van der Waals surface area contributed by atoms with Gasteiger partial charge in [0.25, 0.3) is 0 Å². The van der Waals surface area contributed by atoms with Crippen molar-refractivity contribution in [3.8, 4) is 11.3 Å². The highest BCUT2D eigenvalue weighted by Crippen LogP contribution is 2.28. The van der Waals surface area contributed by atoms with Gasteiger partial charge in [-0.25, -0.2) is 13.8 Å². The number of hydrogen-bond acceptors (Lipinski definition) is 5. The van der Waals surface area contributed by atoms with Gasteiger partial charge in [0.2, 0.25) is 0 Å². The van der Waals surface area contributed by atoms with Crippen molar-refractivity contribution in [1.82, 2.24) is 0 Å². The van der Waals surface area contributed by atoms with Gasteiger partial charge in [0.05, 0.1) is 10.0 Å². The molecule has 1 aromatic carbocycles. The third kappa shape index (κ3) is 5.29. The van der Waals surface area contributed by atoms with Gasteiger partial charge in [-0.2, -0.15) is 13.2 Å². The lowest BCUT2D eigenvalue weighted by Gasteiger charge is -2.08. The minimum Gasteiger partial charge on any atom is -0.741 e. The van der Waals surface area contributed by atoms with E-state index in [0.29, 0.717) is 20.7 Å². The molecular weight excluding hydrogens is 390 g/mol. The van der Waals surface area contributed by atoms with Crippen molar-refractivity contribution in [2.75, 3.05) is 0 Å². The Morgan fingerprint density at radius 3 is 2.14 bits per heavy atom. The van der Waals surface area contributed by atoms with E-state index in [-0.39, 0.29) is 0 Å². The number of alkyl halides is 3. The van der Waals surface area contributed by atoms with Crippen LogP contribution in [0.25, 0.3) is 11.3 Å². The molecule has 122 valence electrons. The Morgan fingerprint density at radius 2 is 1.77 bits per heavy atom. The highest BCUT2D eigenvalue weighted by Gasteiger charge is 2.36. The number of rotatable bonds is 1. The zero-order chi connectivity index (χ0) is 17.1. The summed E-state index contributed by atoms with van der Waals surface area (Å²) >= 11 is 13.0. The fraction of sp³-hybridized carbons (Fsp3) is 0.100. The predicted molar refractivity (Wildman–Crippen MR) is 72.9 cm³/mol. The van der Waals surface area contributed by atoms with Gasteiger partial charge in [-0.1, -0.05) is 23.2 Å². The monoisotopic (exact) mass is 395 g/mol. The second-order valence-corrected chi connectivity index (χ2v) is 6.61. The summed E-state index contributed by atoms with van der Waals surface area (Å²) in [7, 11) is -6.09. The molecule has 2 rings (SSSR count). The molecule has 2 N–H and O–H groups in total. The Kier molecular flexibility index (Phi) is 6.04. The summed E-state index contributed by atoms with van der Waals surface area (Å²) in [5, 5.41) is 8.34. The molecule has 0 aliphatic heterocycles. The second-order valence-electron chi connectivity index (χ2n) is 3.55. The zero-order valence-corrected chi connectivity index (χ0v) is 13.4. The number of halogens is 5. The topological polar surface area (TPSA) is 95.9 Å². The van der Waals surface area contributed by atoms with E-state index in [1.807, 2.05) is 11.4 Å². The average Bonchev–Trinajstić information content (AvgIpc) is 2.78. The summed E-state index contributed by atoms with van der Waals surface area (Å²) in [6.07, 6.45) is 0. The molecule has 5 nitrogen and oxygen atoms in total. The molecule has 0 amide bonds. The van der Waals surface area contributed by atoms with Gasteiger partial charge in [0.1, 0.15) is 0 Å². The van der Waals surface area contributed by atoms with Gasteiger partial charge in [-0.3, -0.25) is 0 Å². The maximum atomic E-state index is 10.7. The van der Waals surface area contributed by atoms with Gasteiger partial charge in [0.15, 0.2) is 15.9 Å². The van der Waals surface area contributed by atoms with Crippen molar-refractivity contribution in [2.45, 2.75) is 5.51 Å². The molecule has 12 heteroatoms. The van der Waals surface area contributed by atoms with Crippen LogP contribution in [-0.2, 0) is 10.1 Å². The summed E-state index contributed by atoms with van der Waals surface area (Å²) in [6, 6.07) is 5.30. The Hall–Kier alpha value is -1.07. The molecule has 22 heavy (non-hydrogen) atoms. The van der Waals surface area contributed by atoms with Crippen LogP contribution in [0.2, 0.25) is 10.0 Å². The van der Waals surface area contributed by atoms with Gasteiger partial charge < -0.3 is 8.97 Å². The molecule has 0 saturated heterocycles. The van der Waals surface area contributed by atoms with E-state index in [2.05, 4.69) is 0 Å². The first-order chi connectivity index (χ1) is 9.91. The Bertz CT molecular complexity index is 814. The molecule has 0 spiro atoms. The molecule has 0 bridgehead atoms. The van der Waals surface area contributed by atoms with Gasteiger partial charge >= 0.3 is 10.4 Å². The summed E-state index contributed by atoms with van der Waals surface area (Å²) in [6.45, 7) is 0. The molecule has 1 heterocycles. The van der Waals surface area contributed by atoms with Crippen LogP contribution in [0.5, 0.6) is 0 Å². The largest absolute Gasteiger partial charge is 0.741 e. The quantitative estimate of drug-likeness (QED) is 0.589. The molecule has 0 saturated carbocycles. The van der Waals surface area contributed by atoms with Crippen molar-refractivity contribution in [2.24, 2.45) is 0 Å². The van der Waals surface area contributed by atoms with Crippen molar-refractivity contribution in [3.63, 3.8) is 0 Å². The van der Waals surface area contributed by atoms with E-state index in [1.165, 1.54) is 11.3 Å². The fourth-order valence-electron chi connectivity index (χ4n) is 1.04. The standard InChI is InChI=1S/C9H5Cl2NOS.CHF3O3S/c10-6-2-1-5(3-7(6)11)8-4-14-9(12)13-8;2-1(3,4)8(5,6)7/h1-4,12H;(H,5,6,7). The summed E-state index contributed by atoms with van der Waals surface area (Å²) in [5.41, 5.74) is -4.78. The predicted octanol–water partition coefficient (Wildman–Crippen LogP) is 2.03. The Labute approximate surface area is 136 Å². The highest BCUT2D eigenvalue weighted by molar-refractivity contribution is 7.86. The minimum absolute atomic E-state index is 0.422. The third-order valence-electron chi connectivity index (χ3n) is 1.98. The van der Waals surface area contributed by atoms with Crippen LogP contribution >= 0.6 is 34.5 Å². The molecule has 0 aliphatic carbocycles. The molecule has 0 aliphatic rings. The van der Waals surface area contributed by atoms with Crippen LogP contribution in [0.15, 0.2) is 28.0 Å². The number of benzene rings is 1. The molecule has 0 fully saturated rings. The van der Waals surface area contributed by atoms with Crippen LogP contribution in [-0.4, -0.2) is 18.5 Å². The number of nitrogens with two attached hydrogens (primary N) is 1. The lowest BCUT2D eigenvalue weighted by molar-refractivity contribution is -0.190. The van der Waals surface area contributed by atoms with Crippen LogP contribution in [0.1, 0.15) is 0 Å². The smallest absolute Gasteiger partial charge is 0.485 e. The lowest BCUT2D eigenvalue weighted by atomic mass is 10.2. The molecule has 2 aromatic rings. The van der Waals surface area contributed by atoms with Crippen molar-refractivity contribution < 1.29 is 36.0 Å². The Balaban J connectivity index is 0.000000261. The van der Waals surface area contributed by atoms with Crippen molar-refractivity contribution in [3.05, 3.63) is 38.5 Å². The maximum Gasteiger partial charge on any atom is 0.485 e. The van der Waals surface area contributed by atoms with Crippen LogP contribution < -0.4 is 10.3 Å². The lowest BCUT2D eigenvalue weighted by Crippen LogP contribution is -2.41. The molecule has 0 radical (unpaired) electrons. The van der Waals surface area contributed by atoms with Crippen molar-refractivity contribution in [1.29, 1.82) is 0 Å². The van der Waals surface area contributed by atoms with Crippen LogP contribution in [0, 0.1) is 0 Å². The van der Waals surface area contributed by atoms with E-state index in [0.717, 1.165) is 5.56 Å². The zero-order valence-electron chi connectivity index (χ0n) is 10.2. The Morgan fingerprint density at radius 1 is 1.23 bits per heavy atom. The summed E-state index contributed by atoms with van der Waals surface area (Å²) in [5.74, 6) is 0.700. The first-order valence-corrected chi connectivity index (χ1v) is 8.11. The molecule has 0 unspecified atom stereocenters. The minimum atomic E-state index is -6.09. The van der Waals surface area contributed by atoms with E-state index in [1.54, 1.807) is 12.1 Å². The maximum absolute atomic E-state index is 10.7. The second kappa shape index (κ2) is 7.01. The highest BCUT2D eigenvalue weighted by atomic mass is 35.5. The third-order valence-corrected chi connectivity index (χ3v) is 3.93. The SMILES string of the molecule is O=S(=O)([O-])C(F)(F)F.[NH2+]=c1oc(-c2ccc(Cl)c(Cl)c2)cs1. The normalized spacial score (nSPS) is 11.7. The van der Waals surface area contributed by atoms with E-state index in [4.69, 9.17) is 46.0 Å².